The summed E-state index contributed by atoms with van der Waals surface area (Å²) >= 11 is 1.61. The Morgan fingerprint density at radius 2 is 2.24 bits per heavy atom. The quantitative estimate of drug-likeness (QED) is 0.559. The fraction of sp³-hybridized carbons (Fsp3) is 0.571. The Labute approximate surface area is 175 Å². The lowest BCUT2D eigenvalue weighted by Crippen LogP contribution is -2.45. The second-order valence-corrected chi connectivity index (χ2v) is 8.66. The number of oxazole rings is 1. The highest BCUT2D eigenvalue weighted by Gasteiger charge is 2.32. The van der Waals surface area contributed by atoms with Gasteiger partial charge < -0.3 is 20.0 Å². The molecule has 1 saturated carbocycles. The molecule has 156 valence electrons. The van der Waals surface area contributed by atoms with Crippen molar-refractivity contribution in [2.45, 2.75) is 51.6 Å². The van der Waals surface area contributed by atoms with Crippen molar-refractivity contribution in [1.82, 2.24) is 20.5 Å². The maximum absolute atomic E-state index is 12.6. The van der Waals surface area contributed by atoms with E-state index < -0.39 is 0 Å². The Morgan fingerprint density at radius 1 is 1.38 bits per heavy atom. The van der Waals surface area contributed by atoms with Gasteiger partial charge in [-0.05, 0) is 37.6 Å². The molecule has 2 aromatic heterocycles. The van der Waals surface area contributed by atoms with Crippen LogP contribution in [0.2, 0.25) is 0 Å². The van der Waals surface area contributed by atoms with Crippen LogP contribution in [0.5, 0.6) is 0 Å². The lowest BCUT2D eigenvalue weighted by molar-refractivity contribution is -0.134. The van der Waals surface area contributed by atoms with E-state index in [9.17, 15) is 4.79 Å². The average Bonchev–Trinajstić information content (AvgIpc) is 3.53. The van der Waals surface area contributed by atoms with Crippen LogP contribution in [0.4, 0.5) is 0 Å². The largest absolute Gasteiger partial charge is 0.443 e. The number of amides is 1. The lowest BCUT2D eigenvalue weighted by atomic mass is 10.1. The molecule has 1 saturated heterocycles. The molecule has 0 radical (unpaired) electrons. The van der Waals surface area contributed by atoms with Gasteiger partial charge in [0, 0.05) is 31.6 Å². The van der Waals surface area contributed by atoms with Crippen molar-refractivity contribution in [2.24, 2.45) is 10.9 Å². The monoisotopic (exact) mass is 415 g/mol. The first-order chi connectivity index (χ1) is 14.2. The summed E-state index contributed by atoms with van der Waals surface area (Å²) in [5.74, 6) is 1.99. The fourth-order valence-electron chi connectivity index (χ4n) is 4.08. The molecule has 8 heteroatoms. The fourth-order valence-corrected chi connectivity index (χ4v) is 4.73. The summed E-state index contributed by atoms with van der Waals surface area (Å²) < 4.78 is 5.57. The molecule has 0 spiro atoms. The molecule has 1 aliphatic carbocycles. The average molecular weight is 416 g/mol. The molecule has 29 heavy (non-hydrogen) atoms. The van der Waals surface area contributed by atoms with E-state index in [1.807, 2.05) is 29.3 Å². The molecule has 2 fully saturated rings. The van der Waals surface area contributed by atoms with Gasteiger partial charge in [0.05, 0.1) is 11.4 Å². The molecule has 1 amide bonds. The zero-order chi connectivity index (χ0) is 20.1. The summed E-state index contributed by atoms with van der Waals surface area (Å²) in [6, 6.07) is 4.21. The zero-order valence-corrected chi connectivity index (χ0v) is 17.7. The van der Waals surface area contributed by atoms with Gasteiger partial charge in [0.25, 0.3) is 0 Å². The van der Waals surface area contributed by atoms with Crippen LogP contribution in [-0.4, -0.2) is 47.4 Å². The van der Waals surface area contributed by atoms with Crippen LogP contribution in [0.25, 0.3) is 10.8 Å². The molecular formula is C21H29N5O2S. The third kappa shape index (κ3) is 4.98. The van der Waals surface area contributed by atoms with E-state index in [2.05, 4.69) is 20.6 Å². The number of carbonyl (C=O) groups excluding carboxylic acids is 1. The minimum absolute atomic E-state index is 0.233. The summed E-state index contributed by atoms with van der Waals surface area (Å²) in [4.78, 5) is 24.9. The van der Waals surface area contributed by atoms with Crippen LogP contribution in [-0.2, 0) is 11.3 Å². The van der Waals surface area contributed by atoms with Crippen LogP contribution < -0.4 is 10.6 Å². The smallest absolute Gasteiger partial charge is 0.236 e. The van der Waals surface area contributed by atoms with Crippen molar-refractivity contribution < 1.29 is 9.21 Å². The van der Waals surface area contributed by atoms with Crippen LogP contribution in [0, 0.1) is 5.92 Å². The first kappa shape index (κ1) is 19.9. The van der Waals surface area contributed by atoms with E-state index in [-0.39, 0.29) is 12.0 Å². The Morgan fingerprint density at radius 3 is 3.00 bits per heavy atom. The molecule has 7 nitrogen and oxygen atoms in total. The molecule has 1 unspecified atom stereocenters. The molecule has 2 aromatic rings. The number of hydrogen-bond acceptors (Lipinski definition) is 5. The predicted molar refractivity (Wildman–Crippen MR) is 115 cm³/mol. The molecule has 1 atom stereocenters. The van der Waals surface area contributed by atoms with E-state index in [1.54, 1.807) is 17.6 Å². The molecule has 2 N–H and O–H groups in total. The van der Waals surface area contributed by atoms with Crippen molar-refractivity contribution >= 4 is 23.2 Å². The van der Waals surface area contributed by atoms with Gasteiger partial charge in [-0.25, -0.2) is 9.98 Å². The first-order valence-corrected chi connectivity index (χ1v) is 11.4. The number of hydrogen-bond donors (Lipinski definition) is 2. The Kier molecular flexibility index (Phi) is 6.49. The second-order valence-electron chi connectivity index (χ2n) is 7.71. The normalized spacial score (nSPS) is 20.4. The van der Waals surface area contributed by atoms with Gasteiger partial charge in [0.2, 0.25) is 11.8 Å². The maximum atomic E-state index is 12.6. The van der Waals surface area contributed by atoms with Crippen LogP contribution in [0.1, 0.15) is 44.7 Å². The second kappa shape index (κ2) is 9.43. The number of thiophene rings is 1. The first-order valence-electron chi connectivity index (χ1n) is 10.5. The van der Waals surface area contributed by atoms with E-state index in [4.69, 9.17) is 4.42 Å². The van der Waals surface area contributed by atoms with Crippen molar-refractivity contribution in [3.05, 3.63) is 29.5 Å². The number of rotatable bonds is 6. The van der Waals surface area contributed by atoms with Crippen LogP contribution in [0.15, 0.2) is 33.2 Å². The van der Waals surface area contributed by atoms with Crippen molar-refractivity contribution in [3.63, 3.8) is 0 Å². The number of aromatic nitrogens is 1. The molecule has 2 aliphatic rings. The standard InChI is InChI=1S/C21H29N5O2S/c1-2-22-21(23-12-17-14-28-19(24-17)18-8-5-11-29-18)25-16-9-10-26(13-16)20(27)15-6-3-4-7-15/h5,8,11,14-16H,2-4,6-7,9-10,12-13H2,1H3,(H2,22,23,25). The number of likely N-dealkylation sites (tertiary alicyclic amines) is 1. The summed E-state index contributed by atoms with van der Waals surface area (Å²) in [5, 5.41) is 8.78. The van der Waals surface area contributed by atoms with Crippen LogP contribution >= 0.6 is 11.3 Å². The van der Waals surface area contributed by atoms with E-state index >= 15 is 0 Å². The van der Waals surface area contributed by atoms with Crippen molar-refractivity contribution in [2.75, 3.05) is 19.6 Å². The Balaban J connectivity index is 1.32. The van der Waals surface area contributed by atoms with Gasteiger partial charge in [0.1, 0.15) is 12.0 Å². The van der Waals surface area contributed by atoms with Crippen molar-refractivity contribution in [1.29, 1.82) is 0 Å². The molecule has 1 aliphatic heterocycles. The van der Waals surface area contributed by atoms with Gasteiger partial charge in [-0.1, -0.05) is 18.9 Å². The Hall–Kier alpha value is -2.35. The van der Waals surface area contributed by atoms with Gasteiger partial charge in [-0.3, -0.25) is 4.79 Å². The zero-order valence-electron chi connectivity index (χ0n) is 16.9. The van der Waals surface area contributed by atoms with E-state index in [0.29, 0.717) is 18.3 Å². The minimum Gasteiger partial charge on any atom is -0.443 e. The number of nitrogens with one attached hydrogen (secondary N) is 2. The summed E-state index contributed by atoms with van der Waals surface area (Å²) in [6.45, 7) is 4.86. The highest BCUT2D eigenvalue weighted by atomic mass is 32.1. The van der Waals surface area contributed by atoms with Gasteiger partial charge in [0.15, 0.2) is 5.96 Å². The number of nitrogens with zero attached hydrogens (tertiary/aromatic N) is 3. The highest BCUT2D eigenvalue weighted by molar-refractivity contribution is 7.13. The third-order valence-corrected chi connectivity index (χ3v) is 6.43. The molecular weight excluding hydrogens is 386 g/mol. The Bertz CT molecular complexity index is 826. The number of carbonyl (C=O) groups is 1. The predicted octanol–water partition coefficient (Wildman–Crippen LogP) is 3.25. The highest BCUT2D eigenvalue weighted by Crippen LogP contribution is 2.28. The third-order valence-electron chi connectivity index (χ3n) is 5.57. The number of aliphatic imine (C=N–C) groups is 1. The lowest BCUT2D eigenvalue weighted by Gasteiger charge is -2.21. The molecule has 0 bridgehead atoms. The molecule has 3 heterocycles. The van der Waals surface area contributed by atoms with Crippen molar-refractivity contribution in [3.8, 4) is 10.8 Å². The van der Waals surface area contributed by atoms with Crippen LogP contribution in [0.3, 0.4) is 0 Å². The summed E-state index contributed by atoms with van der Waals surface area (Å²) in [6.07, 6.45) is 7.12. The van der Waals surface area contributed by atoms with E-state index in [1.165, 1.54) is 12.8 Å². The SMILES string of the molecule is CCNC(=NCc1coc(-c2cccs2)n1)NC1CCN(C(=O)C2CCCC2)C1. The minimum atomic E-state index is 0.233. The summed E-state index contributed by atoms with van der Waals surface area (Å²) in [7, 11) is 0. The summed E-state index contributed by atoms with van der Waals surface area (Å²) in [5.41, 5.74) is 0.801. The molecule has 4 rings (SSSR count). The van der Waals surface area contributed by atoms with Gasteiger partial charge in [-0.2, -0.15) is 0 Å². The number of guanidine groups is 1. The van der Waals surface area contributed by atoms with Gasteiger partial charge >= 0.3 is 0 Å². The maximum Gasteiger partial charge on any atom is 0.236 e. The molecule has 0 aromatic carbocycles. The van der Waals surface area contributed by atoms with Gasteiger partial charge in [-0.15, -0.1) is 11.3 Å². The van der Waals surface area contributed by atoms with E-state index in [0.717, 1.165) is 55.4 Å². The topological polar surface area (TPSA) is 82.8 Å².